The third-order valence-electron chi connectivity index (χ3n) is 18.0. The molecule has 0 unspecified atom stereocenters. The minimum Gasteiger partial charge on any atom is -0.256 e. The van der Waals surface area contributed by atoms with Crippen LogP contribution in [-0.4, -0.2) is 34.9 Å². The van der Waals surface area contributed by atoms with Crippen LogP contribution in [0.2, 0.25) is 0 Å². The number of hydrogen-bond acceptors (Lipinski definition) is 7. The molecule has 7 heteroatoms. The second-order valence-corrected chi connectivity index (χ2v) is 24.9. The van der Waals surface area contributed by atoms with Crippen LogP contribution >= 0.6 is 0 Å². The second-order valence-electron chi connectivity index (χ2n) is 24.9. The van der Waals surface area contributed by atoms with Gasteiger partial charge in [-0.25, -0.2) is 0 Å². The summed E-state index contributed by atoms with van der Waals surface area (Å²) in [7, 11) is 0. The fourth-order valence-corrected chi connectivity index (χ4v) is 11.2. The SMILES string of the molecule is Cc1cc(C)c2ncccc2c1C.Cc1ccc2c(C)c(C)ccc2n1.Cc1ccc2c(C)c(C)cnc2c1.Cc1ccc2cc(C)c(C)cc2n1.Cc1ccc2nccc(C)c2c1C.Cc1cnc2c(C)cccc2c1C.Cc1cnc2ccc(C)c(C)c2c1. The van der Waals surface area contributed by atoms with E-state index in [4.69, 9.17) is 0 Å². The maximum absolute atomic E-state index is 4.48. The van der Waals surface area contributed by atoms with Gasteiger partial charge in [-0.1, -0.05) is 72.8 Å². The number of nitrogens with zero attached hydrogens (tertiary/aromatic N) is 7. The van der Waals surface area contributed by atoms with E-state index in [1.807, 2.05) is 50.9 Å². The molecule has 7 heterocycles. The van der Waals surface area contributed by atoms with E-state index >= 15 is 0 Å². The Labute approximate surface area is 541 Å². The molecular formula is C84H91N7. The minimum absolute atomic E-state index is 1.08. The number of pyridine rings is 7. The molecule has 462 valence electrons. The molecule has 0 fully saturated rings. The molecule has 0 saturated carbocycles. The van der Waals surface area contributed by atoms with Crippen molar-refractivity contribution in [2.24, 2.45) is 0 Å². The number of hydrogen-bond donors (Lipinski definition) is 0. The van der Waals surface area contributed by atoms with Crippen LogP contribution < -0.4 is 0 Å². The van der Waals surface area contributed by atoms with Crippen LogP contribution in [-0.2, 0) is 0 Å². The highest BCUT2D eigenvalue weighted by Crippen LogP contribution is 2.27. The lowest BCUT2D eigenvalue weighted by molar-refractivity contribution is 1.24. The first-order chi connectivity index (χ1) is 43.3. The summed E-state index contributed by atoms with van der Waals surface area (Å²) in [4.78, 5) is 30.9. The van der Waals surface area contributed by atoms with Gasteiger partial charge >= 0.3 is 0 Å². The van der Waals surface area contributed by atoms with Crippen LogP contribution in [0.1, 0.15) is 117 Å². The van der Waals surface area contributed by atoms with E-state index in [0.29, 0.717) is 0 Å². The first kappa shape index (κ1) is 67.3. The fraction of sp³-hybridized carbons (Fsp3) is 0.250. The number of aromatic nitrogens is 7. The zero-order chi connectivity index (χ0) is 66.0. The molecule has 7 aromatic carbocycles. The summed E-state index contributed by atoms with van der Waals surface area (Å²) in [5.74, 6) is 0. The van der Waals surface area contributed by atoms with Gasteiger partial charge in [0.05, 0.1) is 38.6 Å². The molecule has 14 aromatic rings. The predicted molar refractivity (Wildman–Crippen MR) is 392 cm³/mol. The van der Waals surface area contributed by atoms with E-state index in [2.05, 4.69) is 300 Å². The van der Waals surface area contributed by atoms with Crippen molar-refractivity contribution in [3.05, 3.63) is 288 Å². The zero-order valence-corrected chi connectivity index (χ0v) is 57.8. The quantitative estimate of drug-likeness (QED) is 0.149. The molecular weight excluding hydrogens is 1110 g/mol. The van der Waals surface area contributed by atoms with E-state index in [9.17, 15) is 0 Å². The van der Waals surface area contributed by atoms with Crippen LogP contribution in [0.25, 0.3) is 76.3 Å². The van der Waals surface area contributed by atoms with Gasteiger partial charge in [0.1, 0.15) is 0 Å². The maximum atomic E-state index is 4.48. The topological polar surface area (TPSA) is 90.2 Å². The fourth-order valence-electron chi connectivity index (χ4n) is 11.2. The molecule has 0 aliphatic carbocycles. The van der Waals surface area contributed by atoms with Crippen LogP contribution in [0.15, 0.2) is 171 Å². The minimum atomic E-state index is 1.08. The van der Waals surface area contributed by atoms with Crippen molar-refractivity contribution in [1.29, 1.82) is 0 Å². The van der Waals surface area contributed by atoms with Gasteiger partial charge < -0.3 is 0 Å². The smallest absolute Gasteiger partial charge is 0.0733 e. The Morgan fingerprint density at radius 1 is 0.231 bits per heavy atom. The van der Waals surface area contributed by atoms with Gasteiger partial charge in [0.2, 0.25) is 0 Å². The lowest BCUT2D eigenvalue weighted by atomic mass is 10.0. The van der Waals surface area contributed by atoms with Crippen molar-refractivity contribution in [3.8, 4) is 0 Å². The van der Waals surface area contributed by atoms with Gasteiger partial charge in [-0.2, -0.15) is 0 Å². The Kier molecular flexibility index (Phi) is 22.1. The van der Waals surface area contributed by atoms with Crippen molar-refractivity contribution in [3.63, 3.8) is 0 Å². The standard InChI is InChI=1S/7C12H13N/c1-8-4-7-12-11(10(8)3)6-5-9(2)13-12;1-8-6-11-5-4-10(3)13-12(11)7-9(8)2;1-8-6-11-10(3)9(2)4-5-12(11)13-7-8;1-8-4-5-11-10(3)9(2)7-13-12(11)6-8;1-8-4-5-11-12(10(8)3)9(2)6-7-13-11;1-8-7-9(2)12-11(10(8)3)5-4-6-13-12;1-8-5-4-6-11-10(3)9(2)7-13-12(8)11/h7*4-7H,1-3H3. The Morgan fingerprint density at radius 2 is 0.758 bits per heavy atom. The van der Waals surface area contributed by atoms with Gasteiger partial charge in [0.15, 0.2) is 0 Å². The van der Waals surface area contributed by atoms with E-state index in [-0.39, 0.29) is 0 Å². The molecule has 7 nitrogen and oxygen atoms in total. The highest BCUT2D eigenvalue weighted by atomic mass is 14.7. The second kappa shape index (κ2) is 29.8. The Bertz CT molecular complexity index is 4800. The van der Waals surface area contributed by atoms with E-state index in [1.54, 1.807) is 0 Å². The van der Waals surface area contributed by atoms with E-state index in [0.717, 1.165) is 50.0 Å². The number of benzene rings is 7. The third-order valence-corrected chi connectivity index (χ3v) is 18.0. The first-order valence-electron chi connectivity index (χ1n) is 31.6. The maximum Gasteiger partial charge on any atom is 0.0733 e. The molecule has 0 bridgehead atoms. The molecule has 0 saturated heterocycles. The number of fused-ring (bicyclic) bond motifs is 7. The van der Waals surface area contributed by atoms with Crippen molar-refractivity contribution < 1.29 is 0 Å². The molecule has 0 radical (unpaired) electrons. The summed E-state index contributed by atoms with van der Waals surface area (Å²) in [6.07, 6.45) is 9.52. The van der Waals surface area contributed by atoms with Crippen molar-refractivity contribution in [2.45, 2.75) is 145 Å². The highest BCUT2D eigenvalue weighted by molar-refractivity contribution is 5.89. The van der Waals surface area contributed by atoms with Crippen molar-refractivity contribution >= 4 is 76.3 Å². The summed E-state index contributed by atoms with van der Waals surface area (Å²) >= 11 is 0. The molecule has 14 rings (SSSR count). The zero-order valence-electron chi connectivity index (χ0n) is 57.8. The third kappa shape index (κ3) is 16.3. The molecule has 0 N–H and O–H groups in total. The molecule has 0 aliphatic rings. The van der Waals surface area contributed by atoms with Crippen LogP contribution in [0.5, 0.6) is 0 Å². The predicted octanol–water partition coefficient (Wildman–Crippen LogP) is 22.1. The Balaban J connectivity index is 0.000000137. The van der Waals surface area contributed by atoms with Gasteiger partial charge in [0, 0.05) is 80.1 Å². The summed E-state index contributed by atoms with van der Waals surface area (Å²) in [6, 6.07) is 48.7. The summed E-state index contributed by atoms with van der Waals surface area (Å²) in [5.41, 5.74) is 34.8. The Hall–Kier alpha value is -9.59. The van der Waals surface area contributed by atoms with Crippen LogP contribution in [0.4, 0.5) is 0 Å². The average molecular weight is 1200 g/mol. The average Bonchev–Trinajstić information content (AvgIpc) is 1.25. The lowest BCUT2D eigenvalue weighted by Gasteiger charge is -2.07. The number of aryl methyl sites for hydroxylation is 21. The first-order valence-corrected chi connectivity index (χ1v) is 31.6. The van der Waals surface area contributed by atoms with Crippen molar-refractivity contribution in [1.82, 2.24) is 34.9 Å². The lowest BCUT2D eigenvalue weighted by Crippen LogP contribution is -1.89. The van der Waals surface area contributed by atoms with Crippen LogP contribution in [0.3, 0.4) is 0 Å². The van der Waals surface area contributed by atoms with Crippen molar-refractivity contribution in [2.75, 3.05) is 0 Å². The molecule has 7 aromatic heterocycles. The molecule has 0 atom stereocenters. The summed E-state index contributed by atoms with van der Waals surface area (Å²) in [6.45, 7) is 44.5. The number of para-hydroxylation sites is 1. The summed E-state index contributed by atoms with van der Waals surface area (Å²) in [5, 5.41) is 8.91. The molecule has 0 amide bonds. The van der Waals surface area contributed by atoms with E-state index < -0.39 is 0 Å². The monoisotopic (exact) mass is 1200 g/mol. The normalized spacial score (nSPS) is 10.7. The van der Waals surface area contributed by atoms with Crippen LogP contribution in [0, 0.1) is 145 Å². The van der Waals surface area contributed by atoms with Gasteiger partial charge in [-0.3, -0.25) is 34.9 Å². The largest absolute Gasteiger partial charge is 0.256 e. The molecule has 0 spiro atoms. The van der Waals surface area contributed by atoms with Gasteiger partial charge in [-0.15, -0.1) is 0 Å². The van der Waals surface area contributed by atoms with Gasteiger partial charge in [0.25, 0.3) is 0 Å². The highest BCUT2D eigenvalue weighted by Gasteiger charge is 2.08. The molecule has 0 aliphatic heterocycles. The van der Waals surface area contributed by atoms with Gasteiger partial charge in [-0.05, 0) is 318 Å². The molecule has 91 heavy (non-hydrogen) atoms. The number of rotatable bonds is 0. The van der Waals surface area contributed by atoms with E-state index in [1.165, 1.54) is 143 Å². The summed E-state index contributed by atoms with van der Waals surface area (Å²) < 4.78 is 0. The Morgan fingerprint density at radius 3 is 1.46 bits per heavy atom.